The highest BCUT2D eigenvalue weighted by atomic mass is 35.5. The molecule has 2 aliphatic heterocycles. The molecular weight excluding hydrogens is 298 g/mol. The van der Waals surface area contributed by atoms with Crippen LogP contribution >= 0.6 is 11.6 Å². The van der Waals surface area contributed by atoms with Crippen molar-refractivity contribution in [3.05, 3.63) is 28.8 Å². The Morgan fingerprint density at radius 3 is 3.00 bits per heavy atom. The molecule has 2 fully saturated rings. The molecule has 1 aromatic carbocycles. The molecule has 1 amide bonds. The van der Waals surface area contributed by atoms with Gasteiger partial charge in [0, 0.05) is 48.3 Å². The first-order chi connectivity index (χ1) is 10.6. The van der Waals surface area contributed by atoms with Gasteiger partial charge >= 0.3 is 0 Å². The molecular formula is C17H22ClN3O. The van der Waals surface area contributed by atoms with Gasteiger partial charge < -0.3 is 10.2 Å². The average Bonchev–Trinajstić information content (AvgIpc) is 3.17. The number of nitrogens with zero attached hydrogens (tertiary/aromatic N) is 2. The number of carbonyl (C=O) groups is 1. The summed E-state index contributed by atoms with van der Waals surface area (Å²) < 4.78 is 0. The van der Waals surface area contributed by atoms with Crippen LogP contribution in [0.5, 0.6) is 0 Å². The number of hydrogen-bond donors (Lipinski definition) is 1. The van der Waals surface area contributed by atoms with Gasteiger partial charge in [0.1, 0.15) is 0 Å². The molecule has 4 nitrogen and oxygen atoms in total. The van der Waals surface area contributed by atoms with E-state index in [1.54, 1.807) is 0 Å². The van der Waals surface area contributed by atoms with E-state index >= 15 is 0 Å². The third-order valence-electron chi connectivity index (χ3n) is 5.25. The molecule has 0 unspecified atom stereocenters. The van der Waals surface area contributed by atoms with Crippen molar-refractivity contribution in [2.75, 3.05) is 37.6 Å². The number of nitrogens with one attached hydrogen (secondary N) is 1. The number of fused-ring (bicyclic) bond motifs is 2. The van der Waals surface area contributed by atoms with E-state index in [1.165, 1.54) is 18.4 Å². The number of anilines is 1. The second-order valence-electron chi connectivity index (χ2n) is 7.01. The van der Waals surface area contributed by atoms with Crippen molar-refractivity contribution >= 4 is 23.2 Å². The molecule has 5 heteroatoms. The zero-order chi connectivity index (χ0) is 15.3. The molecule has 4 rings (SSSR count). The van der Waals surface area contributed by atoms with E-state index in [9.17, 15) is 4.79 Å². The van der Waals surface area contributed by atoms with Gasteiger partial charge in [0.15, 0.2) is 0 Å². The molecule has 1 saturated heterocycles. The van der Waals surface area contributed by atoms with Gasteiger partial charge in [0.05, 0.1) is 6.54 Å². The van der Waals surface area contributed by atoms with Gasteiger partial charge in [-0.25, -0.2) is 0 Å². The minimum Gasteiger partial charge on any atom is -0.312 e. The van der Waals surface area contributed by atoms with Gasteiger partial charge in [-0.3, -0.25) is 9.69 Å². The summed E-state index contributed by atoms with van der Waals surface area (Å²) in [4.78, 5) is 17.1. The Morgan fingerprint density at radius 2 is 2.27 bits per heavy atom. The highest BCUT2D eigenvalue weighted by Gasteiger charge is 2.52. The number of halogens is 1. The Bertz CT molecular complexity index is 614. The van der Waals surface area contributed by atoms with Gasteiger partial charge in [-0.15, -0.1) is 0 Å². The van der Waals surface area contributed by atoms with Gasteiger partial charge in [0.2, 0.25) is 5.91 Å². The van der Waals surface area contributed by atoms with E-state index in [2.05, 4.69) is 23.2 Å². The third-order valence-corrected chi connectivity index (χ3v) is 5.48. The van der Waals surface area contributed by atoms with E-state index in [0.717, 1.165) is 31.9 Å². The van der Waals surface area contributed by atoms with Crippen LogP contribution < -0.4 is 10.2 Å². The highest BCUT2D eigenvalue weighted by Crippen LogP contribution is 2.56. The summed E-state index contributed by atoms with van der Waals surface area (Å²) in [7, 11) is 0. The monoisotopic (exact) mass is 319 g/mol. The molecule has 0 radical (unpaired) electrons. The predicted octanol–water partition coefficient (Wildman–Crippen LogP) is 2.01. The Balaban J connectivity index is 1.54. The summed E-state index contributed by atoms with van der Waals surface area (Å²) >= 11 is 6.16. The Labute approximate surface area is 136 Å². The van der Waals surface area contributed by atoms with E-state index in [4.69, 9.17) is 11.6 Å². The standard InChI is InChI=1S/C17H22ClN3O/c1-12-9-20(7-6-19-12)10-16(22)21-11-17(4-5-17)14-3-2-13(18)8-15(14)21/h2-3,8,12,19H,4-7,9-11H2,1H3/t12-/m1/s1. The number of rotatable bonds is 2. The topological polar surface area (TPSA) is 35.6 Å². The van der Waals surface area contributed by atoms with E-state index in [1.807, 2.05) is 17.0 Å². The molecule has 3 aliphatic rings. The number of hydrogen-bond acceptors (Lipinski definition) is 3. The quantitative estimate of drug-likeness (QED) is 0.906. The molecule has 0 aromatic heterocycles. The van der Waals surface area contributed by atoms with Crippen molar-refractivity contribution < 1.29 is 4.79 Å². The van der Waals surface area contributed by atoms with Crippen LogP contribution in [0.25, 0.3) is 0 Å². The van der Waals surface area contributed by atoms with Crippen LogP contribution in [0.1, 0.15) is 25.3 Å². The average molecular weight is 320 g/mol. The SMILES string of the molecule is C[C@@H]1CN(CC(=O)N2CC3(CC3)c3ccc(Cl)cc32)CCN1. The summed E-state index contributed by atoms with van der Waals surface area (Å²) in [5, 5.41) is 4.13. The molecule has 1 saturated carbocycles. The lowest BCUT2D eigenvalue weighted by atomic mass is 9.99. The molecule has 2 heterocycles. The fraction of sp³-hybridized carbons (Fsp3) is 0.588. The summed E-state index contributed by atoms with van der Waals surface area (Å²) in [5.74, 6) is 0.210. The lowest BCUT2D eigenvalue weighted by molar-refractivity contribution is -0.120. The van der Waals surface area contributed by atoms with Gasteiger partial charge in [-0.1, -0.05) is 17.7 Å². The Hall–Kier alpha value is -1.10. The van der Waals surface area contributed by atoms with Crippen LogP contribution in [-0.2, 0) is 10.2 Å². The number of carbonyl (C=O) groups excluding carboxylic acids is 1. The maximum absolute atomic E-state index is 12.8. The van der Waals surface area contributed by atoms with Crippen molar-refractivity contribution in [1.82, 2.24) is 10.2 Å². The summed E-state index contributed by atoms with van der Waals surface area (Å²) in [5.41, 5.74) is 2.59. The minimum absolute atomic E-state index is 0.210. The zero-order valence-corrected chi connectivity index (χ0v) is 13.7. The van der Waals surface area contributed by atoms with Crippen LogP contribution in [0.4, 0.5) is 5.69 Å². The van der Waals surface area contributed by atoms with E-state index in [0.29, 0.717) is 17.6 Å². The van der Waals surface area contributed by atoms with Gasteiger partial charge in [-0.2, -0.15) is 0 Å². The Morgan fingerprint density at radius 1 is 1.45 bits per heavy atom. The Kier molecular flexibility index (Phi) is 3.44. The molecule has 0 bridgehead atoms. The first-order valence-electron chi connectivity index (χ1n) is 8.14. The second kappa shape index (κ2) is 5.22. The molecule has 1 aromatic rings. The van der Waals surface area contributed by atoms with Crippen LogP contribution in [0.3, 0.4) is 0 Å². The highest BCUT2D eigenvalue weighted by molar-refractivity contribution is 6.31. The fourth-order valence-corrected chi connectivity index (χ4v) is 4.05. The molecule has 118 valence electrons. The first kappa shape index (κ1) is 14.5. The number of amides is 1. The van der Waals surface area contributed by atoms with E-state index in [-0.39, 0.29) is 11.3 Å². The lowest BCUT2D eigenvalue weighted by Gasteiger charge is -2.32. The third kappa shape index (κ3) is 2.43. The van der Waals surface area contributed by atoms with Crippen LogP contribution in [-0.4, -0.2) is 49.6 Å². The maximum atomic E-state index is 12.8. The van der Waals surface area contributed by atoms with Crippen LogP contribution in [0.2, 0.25) is 5.02 Å². The molecule has 1 spiro atoms. The van der Waals surface area contributed by atoms with Crippen LogP contribution in [0, 0.1) is 0 Å². The van der Waals surface area contributed by atoms with Crippen molar-refractivity contribution in [2.24, 2.45) is 0 Å². The normalized spacial score (nSPS) is 26.3. The second-order valence-corrected chi connectivity index (χ2v) is 7.45. The van der Waals surface area contributed by atoms with Crippen molar-refractivity contribution in [3.63, 3.8) is 0 Å². The maximum Gasteiger partial charge on any atom is 0.241 e. The minimum atomic E-state index is 0.210. The van der Waals surface area contributed by atoms with Gasteiger partial charge in [-0.05, 0) is 37.5 Å². The van der Waals surface area contributed by atoms with Gasteiger partial charge in [0.25, 0.3) is 0 Å². The molecule has 22 heavy (non-hydrogen) atoms. The smallest absolute Gasteiger partial charge is 0.241 e. The predicted molar refractivity (Wildman–Crippen MR) is 88.6 cm³/mol. The van der Waals surface area contributed by atoms with Crippen molar-refractivity contribution in [1.29, 1.82) is 0 Å². The zero-order valence-electron chi connectivity index (χ0n) is 12.9. The van der Waals surface area contributed by atoms with Crippen LogP contribution in [0.15, 0.2) is 18.2 Å². The van der Waals surface area contributed by atoms with Crippen molar-refractivity contribution in [2.45, 2.75) is 31.2 Å². The van der Waals surface area contributed by atoms with E-state index < -0.39 is 0 Å². The number of piperazine rings is 1. The lowest BCUT2D eigenvalue weighted by Crippen LogP contribution is -2.52. The molecule has 1 aliphatic carbocycles. The summed E-state index contributed by atoms with van der Waals surface area (Å²) in [6.07, 6.45) is 2.38. The molecule has 1 N–H and O–H groups in total. The fourth-order valence-electron chi connectivity index (χ4n) is 3.88. The first-order valence-corrected chi connectivity index (χ1v) is 8.51. The van der Waals surface area contributed by atoms with Crippen molar-refractivity contribution in [3.8, 4) is 0 Å². The largest absolute Gasteiger partial charge is 0.312 e. The summed E-state index contributed by atoms with van der Waals surface area (Å²) in [6.45, 7) is 6.35. The molecule has 1 atom stereocenters. The number of benzene rings is 1. The summed E-state index contributed by atoms with van der Waals surface area (Å²) in [6, 6.07) is 6.48.